The summed E-state index contributed by atoms with van der Waals surface area (Å²) in [4.78, 5) is 12.1. The number of anilines is 1. The van der Waals surface area contributed by atoms with E-state index in [2.05, 4.69) is 22.7 Å². The average molecular weight is 343 g/mol. The fourth-order valence-corrected chi connectivity index (χ4v) is 2.86. The molecule has 5 nitrogen and oxygen atoms in total. The third-order valence-electron chi connectivity index (χ3n) is 4.28. The van der Waals surface area contributed by atoms with Crippen LogP contribution in [0.15, 0.2) is 76.2 Å². The molecule has 4 rings (SSSR count). The summed E-state index contributed by atoms with van der Waals surface area (Å²) >= 11 is 0. The van der Waals surface area contributed by atoms with E-state index in [0.29, 0.717) is 22.7 Å². The number of carbonyl (C=O) groups excluding carboxylic acids is 1. The molecular weight excluding hydrogens is 326 g/mol. The fraction of sp³-hybridized carbons (Fsp3) is 0.0476. The third kappa shape index (κ3) is 2.91. The van der Waals surface area contributed by atoms with Crippen LogP contribution in [-0.2, 0) is 0 Å². The zero-order chi connectivity index (χ0) is 18.1. The molecule has 1 heterocycles. The lowest BCUT2D eigenvalue weighted by molar-refractivity contribution is 0.0955. The number of hydrazone groups is 1. The Balaban J connectivity index is 1.62. The van der Waals surface area contributed by atoms with E-state index in [1.54, 1.807) is 31.2 Å². The predicted octanol–water partition coefficient (Wildman–Crippen LogP) is 4.32. The maximum Gasteiger partial charge on any atom is 0.271 e. The minimum atomic E-state index is -0.300. The zero-order valence-electron chi connectivity index (χ0n) is 14.2. The standard InChI is InChI=1S/C21H17N3O2/c1-13(23-24-21(25)15-6-9-16(22)10-7-15)20-12-18-17-5-3-2-4-14(17)8-11-19(18)26-20/h2-12H,22H2,1H3,(H,24,25)/b23-13-. The first-order valence-electron chi connectivity index (χ1n) is 8.24. The van der Waals surface area contributed by atoms with Gasteiger partial charge in [-0.15, -0.1) is 0 Å². The highest BCUT2D eigenvalue weighted by Crippen LogP contribution is 2.28. The first-order chi connectivity index (χ1) is 12.6. The van der Waals surface area contributed by atoms with Crippen molar-refractivity contribution in [2.45, 2.75) is 6.92 Å². The van der Waals surface area contributed by atoms with Gasteiger partial charge in [0, 0.05) is 16.6 Å². The van der Waals surface area contributed by atoms with Gasteiger partial charge in [-0.25, -0.2) is 5.43 Å². The first kappa shape index (κ1) is 15.9. The van der Waals surface area contributed by atoms with Crippen LogP contribution in [-0.4, -0.2) is 11.6 Å². The highest BCUT2D eigenvalue weighted by molar-refractivity contribution is 6.09. The highest BCUT2D eigenvalue weighted by atomic mass is 16.3. The Hall–Kier alpha value is -3.60. The number of furan rings is 1. The summed E-state index contributed by atoms with van der Waals surface area (Å²) in [7, 11) is 0. The van der Waals surface area contributed by atoms with Gasteiger partial charge in [0.2, 0.25) is 0 Å². The van der Waals surface area contributed by atoms with Gasteiger partial charge in [-0.2, -0.15) is 5.10 Å². The van der Waals surface area contributed by atoms with Crippen LogP contribution in [0.4, 0.5) is 5.69 Å². The van der Waals surface area contributed by atoms with Crippen molar-refractivity contribution in [2.24, 2.45) is 5.10 Å². The van der Waals surface area contributed by atoms with Crippen molar-refractivity contribution in [3.05, 3.63) is 78.1 Å². The van der Waals surface area contributed by atoms with E-state index in [1.165, 1.54) is 0 Å². The van der Waals surface area contributed by atoms with E-state index in [-0.39, 0.29) is 5.91 Å². The average Bonchev–Trinajstić information content (AvgIpc) is 3.11. The van der Waals surface area contributed by atoms with E-state index in [1.807, 2.05) is 30.3 Å². The van der Waals surface area contributed by atoms with Crippen LogP contribution < -0.4 is 11.2 Å². The first-order valence-corrected chi connectivity index (χ1v) is 8.24. The molecule has 26 heavy (non-hydrogen) atoms. The normalized spacial score (nSPS) is 11.8. The summed E-state index contributed by atoms with van der Waals surface area (Å²) in [6.45, 7) is 1.79. The van der Waals surface area contributed by atoms with E-state index >= 15 is 0 Å². The summed E-state index contributed by atoms with van der Waals surface area (Å²) in [6.07, 6.45) is 0. The number of benzene rings is 3. The van der Waals surface area contributed by atoms with E-state index in [0.717, 1.165) is 21.7 Å². The minimum absolute atomic E-state index is 0.300. The van der Waals surface area contributed by atoms with E-state index in [4.69, 9.17) is 10.2 Å². The lowest BCUT2D eigenvalue weighted by atomic mass is 10.1. The number of nitrogens with zero attached hydrogens (tertiary/aromatic N) is 1. The molecule has 0 aliphatic rings. The summed E-state index contributed by atoms with van der Waals surface area (Å²) in [5.41, 5.74) is 10.7. The van der Waals surface area contributed by atoms with Gasteiger partial charge in [0.25, 0.3) is 5.91 Å². The molecule has 0 aliphatic carbocycles. The largest absolute Gasteiger partial charge is 0.455 e. The van der Waals surface area contributed by atoms with Crippen LogP contribution in [0.25, 0.3) is 21.7 Å². The number of amides is 1. The van der Waals surface area contributed by atoms with Gasteiger partial charge in [0.1, 0.15) is 11.3 Å². The maximum absolute atomic E-state index is 12.1. The molecule has 0 atom stereocenters. The number of rotatable bonds is 3. The Labute approximate surface area is 150 Å². The van der Waals surface area contributed by atoms with Crippen LogP contribution in [0, 0.1) is 0 Å². The van der Waals surface area contributed by atoms with Crippen LogP contribution >= 0.6 is 0 Å². The molecule has 5 heteroatoms. The summed E-state index contributed by atoms with van der Waals surface area (Å²) in [6, 6.07) is 20.7. The van der Waals surface area contributed by atoms with Gasteiger partial charge in [-0.3, -0.25) is 4.79 Å². The molecule has 0 unspecified atom stereocenters. The van der Waals surface area contributed by atoms with Gasteiger partial charge in [-0.05, 0) is 54.1 Å². The Morgan fingerprint density at radius 2 is 1.77 bits per heavy atom. The monoisotopic (exact) mass is 343 g/mol. The van der Waals surface area contributed by atoms with Gasteiger partial charge >= 0.3 is 0 Å². The van der Waals surface area contributed by atoms with Crippen LogP contribution in [0.3, 0.4) is 0 Å². The van der Waals surface area contributed by atoms with E-state index in [9.17, 15) is 4.79 Å². The van der Waals surface area contributed by atoms with Gasteiger partial charge in [0.05, 0.1) is 0 Å². The molecule has 0 saturated carbocycles. The molecule has 0 aliphatic heterocycles. The van der Waals surface area contributed by atoms with Gasteiger partial charge in [0.15, 0.2) is 5.76 Å². The topological polar surface area (TPSA) is 80.6 Å². The third-order valence-corrected chi connectivity index (χ3v) is 4.28. The van der Waals surface area contributed by atoms with Crippen molar-refractivity contribution < 1.29 is 9.21 Å². The SMILES string of the molecule is C/C(=N/NC(=O)c1ccc(N)cc1)c1cc2c(ccc3ccccc32)o1. The number of nitrogens with one attached hydrogen (secondary N) is 1. The number of hydrogen-bond donors (Lipinski definition) is 2. The van der Waals surface area contributed by atoms with Crippen molar-refractivity contribution in [1.82, 2.24) is 5.43 Å². The van der Waals surface area contributed by atoms with Crippen molar-refractivity contribution in [3.63, 3.8) is 0 Å². The number of hydrogen-bond acceptors (Lipinski definition) is 4. The van der Waals surface area contributed by atoms with Crippen LogP contribution in [0.5, 0.6) is 0 Å². The molecular formula is C21H17N3O2. The fourth-order valence-electron chi connectivity index (χ4n) is 2.86. The second-order valence-corrected chi connectivity index (χ2v) is 6.07. The molecule has 3 N–H and O–H groups in total. The molecule has 0 saturated heterocycles. The Morgan fingerprint density at radius 3 is 2.58 bits per heavy atom. The lowest BCUT2D eigenvalue weighted by Crippen LogP contribution is -2.19. The Kier molecular flexibility index (Phi) is 3.89. The summed E-state index contributed by atoms with van der Waals surface area (Å²) in [5.74, 6) is 0.319. The van der Waals surface area contributed by atoms with Crippen molar-refractivity contribution in [1.29, 1.82) is 0 Å². The molecule has 0 fully saturated rings. The maximum atomic E-state index is 12.1. The molecule has 0 spiro atoms. The second kappa shape index (κ2) is 6.37. The predicted molar refractivity (Wildman–Crippen MR) is 104 cm³/mol. The van der Waals surface area contributed by atoms with Gasteiger partial charge < -0.3 is 10.2 Å². The number of carbonyl (C=O) groups is 1. The molecule has 3 aromatic carbocycles. The van der Waals surface area contributed by atoms with E-state index < -0.39 is 0 Å². The van der Waals surface area contributed by atoms with Crippen LogP contribution in [0.1, 0.15) is 23.0 Å². The summed E-state index contributed by atoms with van der Waals surface area (Å²) < 4.78 is 5.89. The molecule has 1 aromatic heterocycles. The lowest BCUT2D eigenvalue weighted by Gasteiger charge is -2.01. The molecule has 4 aromatic rings. The molecule has 1 amide bonds. The van der Waals surface area contributed by atoms with Crippen molar-refractivity contribution in [3.8, 4) is 0 Å². The van der Waals surface area contributed by atoms with Gasteiger partial charge in [-0.1, -0.05) is 30.3 Å². The van der Waals surface area contributed by atoms with Crippen LogP contribution in [0.2, 0.25) is 0 Å². The Morgan fingerprint density at radius 1 is 1.00 bits per heavy atom. The second-order valence-electron chi connectivity index (χ2n) is 6.07. The summed E-state index contributed by atoms with van der Waals surface area (Å²) in [5, 5.41) is 7.46. The van der Waals surface area contributed by atoms with Crippen molar-refractivity contribution >= 4 is 39.0 Å². The molecule has 0 radical (unpaired) electrons. The number of nitrogens with two attached hydrogens (primary N) is 1. The smallest absolute Gasteiger partial charge is 0.271 e. The number of fused-ring (bicyclic) bond motifs is 3. The quantitative estimate of drug-likeness (QED) is 0.330. The number of nitrogen functional groups attached to an aromatic ring is 1. The highest BCUT2D eigenvalue weighted by Gasteiger charge is 2.10. The minimum Gasteiger partial charge on any atom is -0.455 e. The molecule has 0 bridgehead atoms. The molecule has 128 valence electrons. The Bertz CT molecular complexity index is 1140. The van der Waals surface area contributed by atoms with Crippen molar-refractivity contribution in [2.75, 3.05) is 5.73 Å². The zero-order valence-corrected chi connectivity index (χ0v) is 14.2.